The van der Waals surface area contributed by atoms with Gasteiger partial charge in [0, 0.05) is 43.1 Å². The van der Waals surface area contributed by atoms with E-state index in [1.165, 1.54) is 12.1 Å². The molecular formula is C19H18ClN3O4. The van der Waals surface area contributed by atoms with Gasteiger partial charge in [0.15, 0.2) is 17.3 Å². The van der Waals surface area contributed by atoms with Gasteiger partial charge in [-0.2, -0.15) is 0 Å². The Bertz CT molecular complexity index is 940. The molecule has 8 heteroatoms. The highest BCUT2D eigenvalue weighted by Crippen LogP contribution is 2.29. The number of likely N-dealkylation sites (tertiary alicyclic amines) is 1. The predicted octanol–water partition coefficient (Wildman–Crippen LogP) is 3.31. The van der Waals surface area contributed by atoms with Crippen molar-refractivity contribution in [1.29, 1.82) is 0 Å². The van der Waals surface area contributed by atoms with Gasteiger partial charge in [-0.15, -0.1) is 0 Å². The maximum Gasteiger partial charge on any atom is 0.289 e. The van der Waals surface area contributed by atoms with Crippen molar-refractivity contribution in [2.45, 2.75) is 18.9 Å². The first-order valence-corrected chi connectivity index (χ1v) is 9.00. The molecule has 27 heavy (non-hydrogen) atoms. The number of phenolic OH excluding ortho intramolecular Hbond substituents is 2. The summed E-state index contributed by atoms with van der Waals surface area (Å²) in [4.78, 5) is 21.5. The lowest BCUT2D eigenvalue weighted by atomic mass is 10.1. The van der Waals surface area contributed by atoms with Gasteiger partial charge >= 0.3 is 0 Å². The Hall–Kier alpha value is -2.93. The number of aromatic nitrogens is 2. The van der Waals surface area contributed by atoms with Crippen LogP contribution in [-0.2, 0) is 0 Å². The molecule has 0 unspecified atom stereocenters. The van der Waals surface area contributed by atoms with E-state index < -0.39 is 0 Å². The lowest BCUT2D eigenvalue weighted by Gasteiger charge is -2.31. The number of nitrogens with one attached hydrogen (secondary N) is 1. The molecular weight excluding hydrogens is 370 g/mol. The molecule has 1 amide bonds. The average molecular weight is 388 g/mol. The number of imidazole rings is 1. The molecule has 0 saturated carbocycles. The zero-order valence-corrected chi connectivity index (χ0v) is 15.1. The fourth-order valence-corrected chi connectivity index (χ4v) is 3.29. The van der Waals surface area contributed by atoms with E-state index >= 15 is 0 Å². The molecule has 7 nitrogen and oxygen atoms in total. The Morgan fingerprint density at radius 1 is 1.15 bits per heavy atom. The molecule has 3 N–H and O–H groups in total. The minimum atomic E-state index is -0.270. The van der Waals surface area contributed by atoms with E-state index in [0.29, 0.717) is 29.1 Å². The first-order chi connectivity index (χ1) is 13.0. The quantitative estimate of drug-likeness (QED) is 0.599. The number of carbonyl (C=O) groups excluding carboxylic acids is 1. The molecule has 140 valence electrons. The number of piperidine rings is 1. The van der Waals surface area contributed by atoms with Crippen LogP contribution in [0.25, 0.3) is 11.0 Å². The third-order valence-corrected chi connectivity index (χ3v) is 4.88. The van der Waals surface area contributed by atoms with Crippen LogP contribution in [0.2, 0.25) is 5.02 Å². The third kappa shape index (κ3) is 3.64. The number of H-pyrrole nitrogens is 1. The van der Waals surface area contributed by atoms with Crippen LogP contribution < -0.4 is 4.74 Å². The molecule has 1 fully saturated rings. The van der Waals surface area contributed by atoms with Gasteiger partial charge in [0.05, 0.1) is 11.0 Å². The Labute approximate surface area is 160 Å². The van der Waals surface area contributed by atoms with Gasteiger partial charge in [0.25, 0.3) is 5.91 Å². The topological polar surface area (TPSA) is 98.7 Å². The first-order valence-electron chi connectivity index (χ1n) is 8.63. The molecule has 0 radical (unpaired) electrons. The Morgan fingerprint density at radius 3 is 2.52 bits per heavy atom. The van der Waals surface area contributed by atoms with Crippen LogP contribution in [0.15, 0.2) is 36.4 Å². The van der Waals surface area contributed by atoms with Crippen molar-refractivity contribution in [3.8, 4) is 17.2 Å². The Kier molecular flexibility index (Phi) is 4.53. The van der Waals surface area contributed by atoms with Crippen LogP contribution >= 0.6 is 11.6 Å². The molecule has 2 heterocycles. The van der Waals surface area contributed by atoms with Crippen molar-refractivity contribution < 1.29 is 19.7 Å². The van der Waals surface area contributed by atoms with E-state index in [1.807, 2.05) is 12.1 Å². The summed E-state index contributed by atoms with van der Waals surface area (Å²) in [6.07, 6.45) is 1.48. The molecule has 4 rings (SSSR count). The summed E-state index contributed by atoms with van der Waals surface area (Å²) < 4.78 is 5.94. The summed E-state index contributed by atoms with van der Waals surface area (Å²) in [5, 5.41) is 19.8. The predicted molar refractivity (Wildman–Crippen MR) is 100 cm³/mol. The molecule has 0 bridgehead atoms. The smallest absolute Gasteiger partial charge is 0.289 e. The summed E-state index contributed by atoms with van der Waals surface area (Å²) in [6, 6.07) is 9.91. The fourth-order valence-electron chi connectivity index (χ4n) is 3.17. The Balaban J connectivity index is 1.40. The van der Waals surface area contributed by atoms with E-state index in [4.69, 9.17) is 16.3 Å². The summed E-state index contributed by atoms with van der Waals surface area (Å²) >= 11 is 5.88. The standard InChI is InChI=1S/C19H18ClN3O4/c20-11-1-3-12(4-2-11)27-13-5-7-23(8-6-13)19(26)18-21-14-9-16(24)17(25)10-15(14)22-18/h1-4,9-10,13,24-25H,5-8H2,(H,21,22). The zero-order chi connectivity index (χ0) is 19.0. The van der Waals surface area contributed by atoms with Crippen molar-refractivity contribution in [2.75, 3.05) is 13.1 Å². The number of aromatic hydroxyl groups is 2. The third-order valence-electron chi connectivity index (χ3n) is 4.63. The minimum absolute atomic E-state index is 0.0415. The molecule has 0 aliphatic carbocycles. The number of carbonyl (C=O) groups is 1. The molecule has 1 aromatic heterocycles. The number of hydrogen-bond donors (Lipinski definition) is 3. The lowest BCUT2D eigenvalue weighted by molar-refractivity contribution is 0.0585. The molecule has 0 atom stereocenters. The van der Waals surface area contributed by atoms with Crippen molar-refractivity contribution in [1.82, 2.24) is 14.9 Å². The highest BCUT2D eigenvalue weighted by Gasteiger charge is 2.26. The van der Waals surface area contributed by atoms with Gasteiger partial charge < -0.3 is 24.8 Å². The molecule has 2 aromatic carbocycles. The lowest BCUT2D eigenvalue weighted by Crippen LogP contribution is -2.42. The highest BCUT2D eigenvalue weighted by atomic mass is 35.5. The van der Waals surface area contributed by atoms with Gasteiger partial charge in [-0.05, 0) is 24.3 Å². The number of rotatable bonds is 3. The van der Waals surface area contributed by atoms with Gasteiger partial charge in [-0.25, -0.2) is 4.98 Å². The second-order valence-corrected chi connectivity index (χ2v) is 6.94. The maximum atomic E-state index is 12.7. The van der Waals surface area contributed by atoms with Crippen molar-refractivity contribution in [3.63, 3.8) is 0 Å². The second-order valence-electron chi connectivity index (χ2n) is 6.51. The van der Waals surface area contributed by atoms with Crippen molar-refractivity contribution in [3.05, 3.63) is 47.2 Å². The Morgan fingerprint density at radius 2 is 1.81 bits per heavy atom. The number of phenols is 2. The fraction of sp³-hybridized carbons (Fsp3) is 0.263. The number of hydrogen-bond acceptors (Lipinski definition) is 5. The van der Waals surface area contributed by atoms with Crippen LogP contribution in [0.5, 0.6) is 17.2 Å². The normalized spacial score (nSPS) is 15.2. The summed E-state index contributed by atoms with van der Waals surface area (Å²) in [6.45, 7) is 1.12. The number of ether oxygens (including phenoxy) is 1. The molecule has 1 saturated heterocycles. The van der Waals surface area contributed by atoms with Crippen LogP contribution in [0.4, 0.5) is 0 Å². The minimum Gasteiger partial charge on any atom is -0.504 e. The van der Waals surface area contributed by atoms with E-state index in [0.717, 1.165) is 18.6 Å². The van der Waals surface area contributed by atoms with Crippen molar-refractivity contribution >= 4 is 28.5 Å². The number of nitrogens with zero attached hydrogens (tertiary/aromatic N) is 2. The number of aromatic amines is 1. The van der Waals surface area contributed by atoms with Gasteiger partial charge in [-0.1, -0.05) is 11.6 Å². The first kappa shape index (κ1) is 17.5. The number of benzene rings is 2. The maximum absolute atomic E-state index is 12.7. The van der Waals surface area contributed by atoms with E-state index in [-0.39, 0.29) is 29.3 Å². The summed E-state index contributed by atoms with van der Waals surface area (Å²) in [7, 11) is 0. The average Bonchev–Trinajstić information content (AvgIpc) is 3.07. The van der Waals surface area contributed by atoms with E-state index in [2.05, 4.69) is 9.97 Å². The number of amides is 1. The van der Waals surface area contributed by atoms with Gasteiger partial charge in [-0.3, -0.25) is 4.79 Å². The van der Waals surface area contributed by atoms with Crippen molar-refractivity contribution in [2.24, 2.45) is 0 Å². The van der Waals surface area contributed by atoms with Crippen LogP contribution in [0, 0.1) is 0 Å². The SMILES string of the molecule is O=C(c1nc2cc(O)c(O)cc2[nH]1)N1CCC(Oc2ccc(Cl)cc2)CC1. The van der Waals surface area contributed by atoms with Crippen LogP contribution in [-0.4, -0.2) is 50.2 Å². The summed E-state index contributed by atoms with van der Waals surface area (Å²) in [5.41, 5.74) is 0.921. The molecule has 1 aliphatic heterocycles. The van der Waals surface area contributed by atoms with Gasteiger partial charge in [0.1, 0.15) is 11.9 Å². The zero-order valence-electron chi connectivity index (χ0n) is 14.4. The van der Waals surface area contributed by atoms with Crippen LogP contribution in [0.3, 0.4) is 0 Å². The summed E-state index contributed by atoms with van der Waals surface area (Å²) in [5.74, 6) is 0.210. The molecule has 1 aliphatic rings. The van der Waals surface area contributed by atoms with Crippen LogP contribution in [0.1, 0.15) is 23.5 Å². The van der Waals surface area contributed by atoms with E-state index in [1.54, 1.807) is 17.0 Å². The largest absolute Gasteiger partial charge is 0.504 e. The van der Waals surface area contributed by atoms with Gasteiger partial charge in [0.2, 0.25) is 0 Å². The molecule has 3 aromatic rings. The monoisotopic (exact) mass is 387 g/mol. The number of halogens is 1. The second kappa shape index (κ2) is 7.00. The number of fused-ring (bicyclic) bond motifs is 1. The molecule has 0 spiro atoms. The van der Waals surface area contributed by atoms with E-state index in [9.17, 15) is 15.0 Å². The highest BCUT2D eigenvalue weighted by molar-refractivity contribution is 6.30.